The molecule has 230 valence electrons. The van der Waals surface area contributed by atoms with Crippen molar-refractivity contribution in [1.82, 2.24) is 24.8 Å². The second-order valence-electron chi connectivity index (χ2n) is 12.6. The molecule has 2 aliphatic rings. The van der Waals surface area contributed by atoms with Crippen molar-refractivity contribution in [3.8, 4) is 5.69 Å². The van der Waals surface area contributed by atoms with Crippen LogP contribution in [0.3, 0.4) is 0 Å². The van der Waals surface area contributed by atoms with E-state index in [4.69, 9.17) is 16.3 Å². The minimum Gasteiger partial charge on any atom is -0.459 e. The summed E-state index contributed by atoms with van der Waals surface area (Å²) in [7, 11) is 0. The number of piperazine rings is 1. The van der Waals surface area contributed by atoms with Crippen LogP contribution < -0.4 is 4.90 Å². The maximum absolute atomic E-state index is 14.1. The third-order valence-corrected chi connectivity index (χ3v) is 8.29. The van der Waals surface area contributed by atoms with Gasteiger partial charge in [-0.3, -0.25) is 14.5 Å². The molecular weight excluding hydrogens is 571 g/mol. The van der Waals surface area contributed by atoms with E-state index >= 15 is 0 Å². The summed E-state index contributed by atoms with van der Waals surface area (Å²) >= 11 is 5.87. The van der Waals surface area contributed by atoms with Gasteiger partial charge in [-0.2, -0.15) is 0 Å². The Labute approximate surface area is 257 Å². The molecule has 0 aliphatic carbocycles. The molecule has 2 aromatic carbocycles. The molecule has 1 amide bonds. The Morgan fingerprint density at radius 3 is 2.60 bits per heavy atom. The van der Waals surface area contributed by atoms with Gasteiger partial charge in [0.2, 0.25) is 0 Å². The number of likely N-dealkylation sites (tertiary alicyclic amines) is 1. The Kier molecular flexibility index (Phi) is 9.08. The molecule has 2 fully saturated rings. The van der Waals surface area contributed by atoms with Crippen LogP contribution in [0.2, 0.25) is 5.02 Å². The van der Waals surface area contributed by atoms with E-state index in [1.165, 1.54) is 6.07 Å². The summed E-state index contributed by atoms with van der Waals surface area (Å²) in [6, 6.07) is 10.1. The molecule has 1 aromatic heterocycles. The zero-order valence-electron chi connectivity index (χ0n) is 25.5. The molecule has 0 saturated carbocycles. The van der Waals surface area contributed by atoms with Crippen molar-refractivity contribution >= 4 is 29.2 Å². The predicted molar refractivity (Wildman–Crippen MR) is 164 cm³/mol. The molecule has 9 nitrogen and oxygen atoms in total. The number of nitrogens with zero attached hydrogens (tertiary/aromatic N) is 6. The topological polar surface area (TPSA) is 83.8 Å². The van der Waals surface area contributed by atoms with Crippen molar-refractivity contribution in [3.63, 3.8) is 0 Å². The summed E-state index contributed by atoms with van der Waals surface area (Å²) in [5.41, 5.74) is 3.09. The number of carbonyl (C=O) groups is 2. The minimum absolute atomic E-state index is 0.0903. The van der Waals surface area contributed by atoms with E-state index in [2.05, 4.69) is 20.1 Å². The highest BCUT2D eigenvalue weighted by molar-refractivity contribution is 6.30. The number of ether oxygens (including phenoxy) is 1. The molecule has 2 aliphatic heterocycles. The van der Waals surface area contributed by atoms with E-state index in [0.717, 1.165) is 37.1 Å². The van der Waals surface area contributed by atoms with Crippen LogP contribution in [0.5, 0.6) is 0 Å². The Morgan fingerprint density at radius 1 is 1.09 bits per heavy atom. The molecule has 3 aromatic rings. The van der Waals surface area contributed by atoms with Gasteiger partial charge in [-0.1, -0.05) is 29.3 Å². The number of hydrogen-bond acceptors (Lipinski definition) is 7. The molecule has 2 saturated heterocycles. The maximum Gasteiger partial charge on any atom is 0.323 e. The van der Waals surface area contributed by atoms with Gasteiger partial charge in [0.25, 0.3) is 5.91 Å². The molecule has 43 heavy (non-hydrogen) atoms. The van der Waals surface area contributed by atoms with Crippen molar-refractivity contribution in [2.24, 2.45) is 0 Å². The van der Waals surface area contributed by atoms with E-state index in [9.17, 15) is 14.0 Å². The predicted octanol–water partition coefficient (Wildman–Crippen LogP) is 5.42. The zero-order valence-corrected chi connectivity index (χ0v) is 26.3. The van der Waals surface area contributed by atoms with Crippen LogP contribution in [-0.2, 0) is 16.1 Å². The summed E-state index contributed by atoms with van der Waals surface area (Å²) in [5.74, 6) is -0.758. The highest BCUT2D eigenvalue weighted by Crippen LogP contribution is 2.27. The molecule has 0 N–H and O–H groups in total. The molecule has 11 heteroatoms. The molecule has 0 spiro atoms. The highest BCUT2D eigenvalue weighted by atomic mass is 35.5. The highest BCUT2D eigenvalue weighted by Gasteiger charge is 2.33. The normalized spacial score (nSPS) is 19.9. The average Bonchev–Trinajstić information content (AvgIpc) is 3.42. The number of piperidine rings is 1. The molecular formula is C32H40ClFN6O3. The van der Waals surface area contributed by atoms with Gasteiger partial charge in [0, 0.05) is 37.9 Å². The fourth-order valence-corrected chi connectivity index (χ4v) is 5.97. The van der Waals surface area contributed by atoms with Gasteiger partial charge in [0.15, 0.2) is 0 Å². The second kappa shape index (κ2) is 12.6. The summed E-state index contributed by atoms with van der Waals surface area (Å²) in [6.07, 6.45) is 4.56. The van der Waals surface area contributed by atoms with Crippen molar-refractivity contribution in [3.05, 3.63) is 70.3 Å². The first-order chi connectivity index (χ1) is 20.4. The van der Waals surface area contributed by atoms with Crippen LogP contribution in [0.4, 0.5) is 10.1 Å². The molecule has 0 bridgehead atoms. The third kappa shape index (κ3) is 7.18. The SMILES string of the molecule is Cc1ccc(C(=O)N2CCN(c3ccc(Cl)c(F)c3)CC2C)c(-n2cc(CN3CCCCC3C(=O)OC(C)(C)C)nn2)c1. The summed E-state index contributed by atoms with van der Waals surface area (Å²) < 4.78 is 21.4. The van der Waals surface area contributed by atoms with Crippen LogP contribution in [0.25, 0.3) is 5.69 Å². The molecule has 5 rings (SSSR count). The van der Waals surface area contributed by atoms with E-state index in [1.807, 2.05) is 63.9 Å². The number of anilines is 1. The van der Waals surface area contributed by atoms with Crippen molar-refractivity contribution < 1.29 is 18.7 Å². The van der Waals surface area contributed by atoms with Crippen LogP contribution in [0.15, 0.2) is 42.6 Å². The van der Waals surface area contributed by atoms with Crippen molar-refractivity contribution in [2.45, 2.75) is 78.1 Å². The van der Waals surface area contributed by atoms with Gasteiger partial charge >= 0.3 is 5.97 Å². The maximum atomic E-state index is 14.1. The van der Waals surface area contributed by atoms with Crippen LogP contribution in [0, 0.1) is 12.7 Å². The fourth-order valence-electron chi connectivity index (χ4n) is 5.86. The standard InChI is InChI=1S/C32H40ClFN6O3/c1-21-9-11-25(30(41)39-15-14-37(18-22(39)2)24-10-12-26(33)27(34)17-24)29(16-21)40-20-23(35-36-40)19-38-13-7-6-8-28(38)31(42)43-32(3,4)5/h9-12,16-17,20,22,28H,6-8,13-15,18-19H2,1-5H3. The Hall–Kier alpha value is -3.50. The van der Waals surface area contributed by atoms with E-state index in [1.54, 1.807) is 16.8 Å². The summed E-state index contributed by atoms with van der Waals surface area (Å²) in [4.78, 5) is 32.9. The van der Waals surface area contributed by atoms with Crippen molar-refractivity contribution in [2.75, 3.05) is 31.1 Å². The van der Waals surface area contributed by atoms with Gasteiger partial charge in [0.05, 0.1) is 28.2 Å². The molecule has 3 heterocycles. The molecule has 2 unspecified atom stereocenters. The number of benzene rings is 2. The monoisotopic (exact) mass is 610 g/mol. The third-order valence-electron chi connectivity index (χ3n) is 7.99. The lowest BCUT2D eigenvalue weighted by molar-refractivity contribution is -0.163. The Balaban J connectivity index is 1.32. The quantitative estimate of drug-likeness (QED) is 0.345. The number of aryl methyl sites for hydroxylation is 1. The van der Waals surface area contributed by atoms with Crippen molar-refractivity contribution in [1.29, 1.82) is 0 Å². The lowest BCUT2D eigenvalue weighted by Crippen LogP contribution is -2.54. The van der Waals surface area contributed by atoms with Gasteiger partial charge in [-0.15, -0.1) is 5.10 Å². The Morgan fingerprint density at radius 2 is 1.88 bits per heavy atom. The summed E-state index contributed by atoms with van der Waals surface area (Å²) in [5, 5.41) is 8.90. The average molecular weight is 611 g/mol. The number of rotatable bonds is 6. The van der Waals surface area contributed by atoms with E-state index in [-0.39, 0.29) is 29.0 Å². The Bertz CT molecular complexity index is 1490. The first-order valence-corrected chi connectivity index (χ1v) is 15.3. The number of hydrogen-bond donors (Lipinski definition) is 0. The van der Waals surface area contributed by atoms with Crippen LogP contribution in [-0.4, -0.2) is 80.5 Å². The zero-order chi connectivity index (χ0) is 30.9. The van der Waals surface area contributed by atoms with E-state index in [0.29, 0.717) is 43.1 Å². The minimum atomic E-state index is -0.546. The largest absolute Gasteiger partial charge is 0.459 e. The number of halogens is 2. The van der Waals surface area contributed by atoms with Crippen LogP contribution >= 0.6 is 11.6 Å². The summed E-state index contributed by atoms with van der Waals surface area (Å²) in [6.45, 7) is 12.5. The molecule has 0 radical (unpaired) electrons. The van der Waals surface area contributed by atoms with Gasteiger partial charge in [0.1, 0.15) is 17.5 Å². The fraction of sp³-hybridized carbons (Fsp3) is 0.500. The number of amides is 1. The smallest absolute Gasteiger partial charge is 0.323 e. The second-order valence-corrected chi connectivity index (χ2v) is 13.0. The van der Waals surface area contributed by atoms with E-state index < -0.39 is 11.4 Å². The van der Waals surface area contributed by atoms with Gasteiger partial charge < -0.3 is 14.5 Å². The van der Waals surface area contributed by atoms with Gasteiger partial charge in [-0.05, 0) is 89.9 Å². The first-order valence-electron chi connectivity index (χ1n) is 14.9. The first kappa shape index (κ1) is 30.9. The molecule has 2 atom stereocenters. The van der Waals surface area contributed by atoms with Gasteiger partial charge in [-0.25, -0.2) is 9.07 Å². The van der Waals surface area contributed by atoms with Crippen LogP contribution in [0.1, 0.15) is 68.6 Å². The number of esters is 1. The lowest BCUT2D eigenvalue weighted by atomic mass is 10.0. The lowest BCUT2D eigenvalue weighted by Gasteiger charge is -2.41. The number of carbonyl (C=O) groups excluding carboxylic acids is 2. The number of aromatic nitrogens is 3.